The largest absolute Gasteiger partial charge is 0.487 e. The molecule has 9 heteroatoms. The molecule has 0 amide bonds. The molecule has 112 valence electrons. The first-order valence-corrected chi connectivity index (χ1v) is 6.72. The van der Waals surface area contributed by atoms with Crippen LogP contribution in [0.15, 0.2) is 18.3 Å². The molecule has 1 rings (SSSR count). The van der Waals surface area contributed by atoms with Crippen LogP contribution in [-0.4, -0.2) is 38.3 Å². The van der Waals surface area contributed by atoms with E-state index in [0.29, 0.717) is 23.9 Å². The molecule has 5 N–H and O–H groups in total. The topological polar surface area (TPSA) is 101 Å². The lowest BCUT2D eigenvalue weighted by molar-refractivity contribution is 0.153. The van der Waals surface area contributed by atoms with Gasteiger partial charge in [-0.1, -0.05) is 11.6 Å². The number of nitrogens with zero attached hydrogens (tertiary/aromatic N) is 1. The van der Waals surface area contributed by atoms with Gasteiger partial charge in [-0.05, 0) is 43.5 Å². The van der Waals surface area contributed by atoms with Gasteiger partial charge >= 0.3 is 0 Å². The van der Waals surface area contributed by atoms with Gasteiger partial charge in [0, 0.05) is 12.6 Å². The molecule has 20 heavy (non-hydrogen) atoms. The Morgan fingerprint density at radius 1 is 1.55 bits per heavy atom. The second-order valence-corrected chi connectivity index (χ2v) is 4.82. The van der Waals surface area contributed by atoms with Crippen LogP contribution >= 0.6 is 36.0 Å². The summed E-state index contributed by atoms with van der Waals surface area (Å²) in [5.41, 5.74) is 4.40. The zero-order chi connectivity index (χ0) is 15.5. The van der Waals surface area contributed by atoms with Gasteiger partial charge in [0.05, 0.1) is 17.7 Å². The average Bonchev–Trinajstić information content (AvgIpc) is 2.31. The van der Waals surface area contributed by atoms with Gasteiger partial charge in [-0.3, -0.25) is 0 Å². The van der Waals surface area contributed by atoms with E-state index in [1.165, 1.54) is 6.20 Å². The smallest absolute Gasteiger partial charge is 0.262 e. The Balaban J connectivity index is 0.000000796. The SMILES string of the molecule is CC(O)CCOC(=S)Nc1ccc(Cl)cn1.NC(O)=S. The monoisotopic (exact) mass is 337 g/mol. The predicted molar refractivity (Wildman–Crippen MR) is 87.1 cm³/mol. The Labute approximate surface area is 132 Å². The quantitative estimate of drug-likeness (QED) is 0.619. The van der Waals surface area contributed by atoms with Crippen LogP contribution in [0.3, 0.4) is 0 Å². The molecule has 0 aromatic carbocycles. The van der Waals surface area contributed by atoms with Gasteiger partial charge in [0.1, 0.15) is 5.82 Å². The summed E-state index contributed by atoms with van der Waals surface area (Å²) in [5, 5.41) is 19.7. The van der Waals surface area contributed by atoms with Crippen LogP contribution in [0.25, 0.3) is 0 Å². The third-order valence-electron chi connectivity index (χ3n) is 1.73. The zero-order valence-corrected chi connectivity index (χ0v) is 13.1. The molecule has 0 aliphatic carbocycles. The van der Waals surface area contributed by atoms with Gasteiger partial charge in [-0.15, -0.1) is 0 Å². The first-order valence-electron chi connectivity index (χ1n) is 5.53. The Hall–Kier alpha value is -1.22. The first-order chi connectivity index (χ1) is 9.31. The van der Waals surface area contributed by atoms with Crippen LogP contribution < -0.4 is 11.1 Å². The van der Waals surface area contributed by atoms with Crippen molar-refractivity contribution < 1.29 is 14.9 Å². The Morgan fingerprint density at radius 3 is 2.60 bits per heavy atom. The summed E-state index contributed by atoms with van der Waals surface area (Å²) in [6, 6.07) is 3.40. The van der Waals surface area contributed by atoms with Crippen molar-refractivity contribution in [3.63, 3.8) is 0 Å². The Bertz CT molecular complexity index is 425. The number of rotatable bonds is 4. The molecule has 6 nitrogen and oxygen atoms in total. The average molecular weight is 338 g/mol. The van der Waals surface area contributed by atoms with E-state index in [0.717, 1.165) is 0 Å². The normalized spacial score (nSPS) is 10.8. The second kappa shape index (κ2) is 10.6. The molecule has 0 fully saturated rings. The number of pyridine rings is 1. The number of halogens is 1. The number of aliphatic hydroxyl groups is 2. The number of aromatic nitrogens is 1. The zero-order valence-electron chi connectivity index (χ0n) is 10.7. The molecule has 1 unspecified atom stereocenters. The molecular formula is C11H16ClN3O3S2. The number of nitrogens with two attached hydrogens (primary N) is 1. The highest BCUT2D eigenvalue weighted by Gasteiger charge is 2.01. The molecule has 0 saturated carbocycles. The lowest BCUT2D eigenvalue weighted by Gasteiger charge is -2.09. The summed E-state index contributed by atoms with van der Waals surface area (Å²) >= 11 is 14.5. The minimum absolute atomic E-state index is 0.232. The van der Waals surface area contributed by atoms with Gasteiger partial charge < -0.3 is 26.0 Å². The number of aliphatic hydroxyl groups excluding tert-OH is 2. The molecule has 1 aromatic heterocycles. The predicted octanol–water partition coefficient (Wildman–Crippen LogP) is 2.01. The number of hydrogen-bond acceptors (Lipinski definition) is 5. The molecule has 0 aliphatic heterocycles. The van der Waals surface area contributed by atoms with Crippen LogP contribution in [-0.2, 0) is 4.74 Å². The maximum Gasteiger partial charge on any atom is 0.262 e. The number of hydrogen-bond donors (Lipinski definition) is 4. The lowest BCUT2D eigenvalue weighted by atomic mass is 10.3. The minimum atomic E-state index is -0.500. The summed E-state index contributed by atoms with van der Waals surface area (Å²) < 4.78 is 5.17. The van der Waals surface area contributed by atoms with Gasteiger partial charge in [0.25, 0.3) is 10.3 Å². The van der Waals surface area contributed by atoms with Crippen LogP contribution in [0.1, 0.15) is 13.3 Å². The van der Waals surface area contributed by atoms with Crippen molar-refractivity contribution in [1.82, 2.24) is 4.98 Å². The van der Waals surface area contributed by atoms with Gasteiger partial charge in [-0.25, -0.2) is 4.98 Å². The highest BCUT2D eigenvalue weighted by atomic mass is 35.5. The van der Waals surface area contributed by atoms with Crippen molar-refractivity contribution in [3.8, 4) is 0 Å². The number of anilines is 1. The summed E-state index contributed by atoms with van der Waals surface area (Å²) in [6.45, 7) is 2.07. The third kappa shape index (κ3) is 11.8. The molecule has 1 heterocycles. The van der Waals surface area contributed by atoms with E-state index in [1.54, 1.807) is 19.1 Å². The second-order valence-electron chi connectivity index (χ2n) is 3.60. The highest BCUT2D eigenvalue weighted by molar-refractivity contribution is 7.80. The maximum atomic E-state index is 9.01. The van der Waals surface area contributed by atoms with E-state index < -0.39 is 11.3 Å². The molecule has 0 aliphatic rings. The van der Waals surface area contributed by atoms with E-state index in [9.17, 15) is 0 Å². The number of thiocarbonyl (C=S) groups is 2. The fraction of sp³-hybridized carbons (Fsp3) is 0.364. The molecule has 0 bridgehead atoms. The van der Waals surface area contributed by atoms with Crippen LogP contribution in [0, 0.1) is 0 Å². The van der Waals surface area contributed by atoms with Crippen molar-refractivity contribution in [1.29, 1.82) is 0 Å². The third-order valence-corrected chi connectivity index (χ3v) is 2.17. The summed E-state index contributed by atoms with van der Waals surface area (Å²) in [7, 11) is 0. The minimum Gasteiger partial charge on any atom is -0.487 e. The molecular weight excluding hydrogens is 322 g/mol. The fourth-order valence-electron chi connectivity index (χ4n) is 0.913. The van der Waals surface area contributed by atoms with Crippen molar-refractivity contribution in [2.24, 2.45) is 5.73 Å². The summed E-state index contributed by atoms with van der Waals surface area (Å²) in [5.74, 6) is 0.575. The van der Waals surface area contributed by atoms with Crippen LogP contribution in [0.5, 0.6) is 0 Å². The maximum absolute atomic E-state index is 9.01. The fourth-order valence-corrected chi connectivity index (χ4v) is 1.21. The first kappa shape index (κ1) is 18.8. The van der Waals surface area contributed by atoms with Crippen molar-refractivity contribution in [2.45, 2.75) is 19.4 Å². The van der Waals surface area contributed by atoms with E-state index in [1.807, 2.05) is 0 Å². The Kier molecular flexibility index (Phi) is 9.91. The summed E-state index contributed by atoms with van der Waals surface area (Å²) in [6.07, 6.45) is 1.66. The number of nitrogens with one attached hydrogen (secondary N) is 1. The molecule has 0 saturated heterocycles. The molecule has 1 atom stereocenters. The van der Waals surface area contributed by atoms with Crippen LogP contribution in [0.2, 0.25) is 5.02 Å². The van der Waals surface area contributed by atoms with Crippen molar-refractivity contribution in [3.05, 3.63) is 23.4 Å². The summed E-state index contributed by atoms with van der Waals surface area (Å²) in [4.78, 5) is 4.00. The van der Waals surface area contributed by atoms with Gasteiger partial charge in [0.15, 0.2) is 0 Å². The van der Waals surface area contributed by atoms with Crippen molar-refractivity contribution in [2.75, 3.05) is 11.9 Å². The molecule has 0 radical (unpaired) electrons. The molecule has 0 spiro atoms. The Morgan fingerprint density at radius 2 is 2.15 bits per heavy atom. The lowest BCUT2D eigenvalue weighted by Crippen LogP contribution is -2.16. The van der Waals surface area contributed by atoms with E-state index in [4.69, 9.17) is 38.8 Å². The van der Waals surface area contributed by atoms with Crippen molar-refractivity contribution >= 4 is 52.2 Å². The van der Waals surface area contributed by atoms with Gasteiger partial charge in [0.2, 0.25) is 0 Å². The van der Waals surface area contributed by atoms with E-state index >= 15 is 0 Å². The van der Waals surface area contributed by atoms with Crippen LogP contribution in [0.4, 0.5) is 5.82 Å². The van der Waals surface area contributed by atoms with E-state index in [2.05, 4.69) is 28.3 Å². The number of ether oxygens (including phenoxy) is 1. The molecule has 1 aromatic rings. The highest BCUT2D eigenvalue weighted by Crippen LogP contribution is 2.09. The van der Waals surface area contributed by atoms with E-state index in [-0.39, 0.29) is 5.17 Å². The van der Waals surface area contributed by atoms with Gasteiger partial charge in [-0.2, -0.15) is 0 Å². The standard InChI is InChI=1S/C10H13ClN2O2S.CH3NOS/c1-7(14)4-5-15-10(16)13-9-3-2-8(11)6-12-9;2-1(3)4/h2-3,6-7,14H,4-5H2,1H3,(H,12,13,16);(H3,2,3,4).